The van der Waals surface area contributed by atoms with Crippen molar-refractivity contribution in [1.29, 1.82) is 0 Å². The molecule has 0 atom stereocenters. The average Bonchev–Trinajstić information content (AvgIpc) is 2.97. The summed E-state index contributed by atoms with van der Waals surface area (Å²) >= 11 is 0. The monoisotopic (exact) mass is 599 g/mol. The molecule has 0 saturated heterocycles. The molecule has 0 saturated carbocycles. The van der Waals surface area contributed by atoms with Crippen LogP contribution in [0.1, 0.15) is 11.1 Å². The van der Waals surface area contributed by atoms with Crippen LogP contribution in [-0.4, -0.2) is 65.1 Å². The number of aromatic hydroxyl groups is 2. The van der Waals surface area contributed by atoms with E-state index in [4.69, 9.17) is 9.47 Å². The molecule has 1 radical (unpaired) electrons. The first kappa shape index (κ1) is 32.7. The van der Waals surface area contributed by atoms with Gasteiger partial charge >= 0.3 is 0 Å². The van der Waals surface area contributed by atoms with Crippen molar-refractivity contribution in [2.45, 2.75) is 0 Å². The summed E-state index contributed by atoms with van der Waals surface area (Å²) in [5.41, 5.74) is 5.15. The number of phenols is 2. The van der Waals surface area contributed by atoms with Crippen LogP contribution < -0.4 is 19.3 Å². The number of aliphatic imine (C=N–C) groups is 2. The molecule has 0 amide bonds. The van der Waals surface area contributed by atoms with Gasteiger partial charge in [0.1, 0.15) is 0 Å². The van der Waals surface area contributed by atoms with Crippen LogP contribution in [0.5, 0.6) is 23.0 Å². The first-order chi connectivity index (χ1) is 19.2. The molecule has 0 fully saturated rings. The Morgan fingerprint density at radius 3 is 1.20 bits per heavy atom. The topological polar surface area (TPSA) is 90.1 Å². The number of benzene rings is 4. The van der Waals surface area contributed by atoms with E-state index in [1.54, 1.807) is 36.7 Å². The molecule has 4 aromatic rings. The smallest absolute Gasteiger partial charge is 0.166 e. The van der Waals surface area contributed by atoms with E-state index in [1.165, 1.54) is 14.2 Å². The normalized spacial score (nSPS) is 10.5. The van der Waals surface area contributed by atoms with Gasteiger partial charge in [0.25, 0.3) is 0 Å². The number of para-hydroxylation sites is 2. The van der Waals surface area contributed by atoms with Crippen LogP contribution >= 0.6 is 0 Å². The van der Waals surface area contributed by atoms with Crippen molar-refractivity contribution in [2.24, 2.45) is 9.98 Å². The van der Waals surface area contributed by atoms with Gasteiger partial charge in [-0.05, 0) is 72.8 Å². The third-order valence-electron chi connectivity index (χ3n) is 5.94. The number of phenolic OH excluding ortho intramolecular Hbond substituents is 2. The summed E-state index contributed by atoms with van der Waals surface area (Å²) in [6.45, 7) is 0. The Morgan fingerprint density at radius 1 is 0.561 bits per heavy atom. The van der Waals surface area contributed by atoms with E-state index >= 15 is 0 Å². The van der Waals surface area contributed by atoms with Gasteiger partial charge in [-0.3, -0.25) is 9.98 Å². The Labute approximate surface area is 252 Å². The van der Waals surface area contributed by atoms with Crippen molar-refractivity contribution in [3.8, 4) is 23.0 Å². The molecule has 0 unspecified atom stereocenters. The summed E-state index contributed by atoms with van der Waals surface area (Å²) < 4.78 is 10.1. The van der Waals surface area contributed by atoms with Crippen LogP contribution in [0.4, 0.5) is 22.7 Å². The summed E-state index contributed by atoms with van der Waals surface area (Å²) in [6, 6.07) is 26.3. The number of nitrogens with zero attached hydrogens (tertiary/aromatic N) is 4. The number of methoxy groups -OCH3 is 2. The zero-order valence-electron chi connectivity index (χ0n) is 24.1. The minimum Gasteiger partial charge on any atom is -0.504 e. The molecule has 8 nitrogen and oxygen atoms in total. The largest absolute Gasteiger partial charge is 0.504 e. The maximum atomic E-state index is 9.96. The van der Waals surface area contributed by atoms with Crippen molar-refractivity contribution in [3.63, 3.8) is 0 Å². The van der Waals surface area contributed by atoms with Crippen molar-refractivity contribution in [1.82, 2.24) is 0 Å². The van der Waals surface area contributed by atoms with Gasteiger partial charge < -0.3 is 29.5 Å². The zero-order chi connectivity index (χ0) is 29.1. The SMILES string of the molecule is COc1cccc(C=Nc2ccc(N(C)C)cc2)c1O.COc1cccc(C=Nc2ccc(N(C)C)cc2)c1O.[Co]. The summed E-state index contributed by atoms with van der Waals surface area (Å²) in [4.78, 5) is 12.8. The van der Waals surface area contributed by atoms with E-state index in [0.717, 1.165) is 22.7 Å². The number of hydrogen-bond donors (Lipinski definition) is 2. The van der Waals surface area contributed by atoms with Crippen LogP contribution in [0.15, 0.2) is 94.9 Å². The van der Waals surface area contributed by atoms with Gasteiger partial charge in [0, 0.05) is 79.9 Å². The Balaban J connectivity index is 0.000000280. The maximum Gasteiger partial charge on any atom is 0.166 e. The molecule has 9 heteroatoms. The predicted octanol–water partition coefficient (Wildman–Crippen LogP) is 6.43. The Hall–Kier alpha value is -4.47. The number of ether oxygens (including phenoxy) is 2. The third-order valence-corrected chi connectivity index (χ3v) is 5.94. The zero-order valence-corrected chi connectivity index (χ0v) is 25.1. The fourth-order valence-electron chi connectivity index (χ4n) is 3.58. The van der Waals surface area contributed by atoms with E-state index < -0.39 is 0 Å². The Bertz CT molecular complexity index is 1330. The van der Waals surface area contributed by atoms with Crippen LogP contribution in [-0.2, 0) is 16.8 Å². The molecule has 0 bridgehead atoms. The van der Waals surface area contributed by atoms with Crippen LogP contribution in [0.2, 0.25) is 0 Å². The fraction of sp³-hybridized carbons (Fsp3) is 0.188. The fourth-order valence-corrected chi connectivity index (χ4v) is 3.58. The van der Waals surface area contributed by atoms with Crippen LogP contribution in [0.25, 0.3) is 0 Å². The summed E-state index contributed by atoms with van der Waals surface area (Å²) in [6.07, 6.45) is 3.26. The molecular formula is C32H36CoN4O4. The van der Waals surface area contributed by atoms with Crippen molar-refractivity contribution in [2.75, 3.05) is 52.2 Å². The molecule has 41 heavy (non-hydrogen) atoms. The number of hydrogen-bond acceptors (Lipinski definition) is 8. The van der Waals surface area contributed by atoms with E-state index in [9.17, 15) is 10.2 Å². The summed E-state index contributed by atoms with van der Waals surface area (Å²) in [7, 11) is 11.0. The van der Waals surface area contributed by atoms with Crippen molar-refractivity contribution >= 4 is 35.2 Å². The summed E-state index contributed by atoms with van der Waals surface area (Å²) in [5, 5.41) is 19.9. The van der Waals surface area contributed by atoms with Crippen LogP contribution in [0.3, 0.4) is 0 Å². The molecular weight excluding hydrogens is 563 g/mol. The molecule has 4 aromatic carbocycles. The van der Waals surface area contributed by atoms with Gasteiger partial charge in [0.15, 0.2) is 23.0 Å². The first-order valence-electron chi connectivity index (χ1n) is 12.6. The minimum atomic E-state index is 0. The molecule has 217 valence electrons. The molecule has 0 aliphatic heterocycles. The van der Waals surface area contributed by atoms with E-state index in [2.05, 4.69) is 9.98 Å². The second-order valence-corrected chi connectivity index (χ2v) is 9.13. The van der Waals surface area contributed by atoms with Crippen LogP contribution in [0, 0.1) is 0 Å². The molecule has 2 N–H and O–H groups in total. The Kier molecular flexibility index (Phi) is 12.7. The quantitative estimate of drug-likeness (QED) is 0.227. The molecule has 0 heterocycles. The Morgan fingerprint density at radius 2 is 0.902 bits per heavy atom. The van der Waals surface area contributed by atoms with Crippen molar-refractivity contribution < 1.29 is 36.5 Å². The van der Waals surface area contributed by atoms with Gasteiger partial charge in [-0.15, -0.1) is 0 Å². The molecule has 0 spiro atoms. The first-order valence-corrected chi connectivity index (χ1v) is 12.6. The van der Waals surface area contributed by atoms with E-state index in [1.807, 2.05) is 98.7 Å². The minimum absolute atomic E-state index is 0. The molecule has 0 aromatic heterocycles. The predicted molar refractivity (Wildman–Crippen MR) is 165 cm³/mol. The van der Waals surface area contributed by atoms with Gasteiger partial charge in [-0.25, -0.2) is 0 Å². The molecule has 0 aliphatic carbocycles. The van der Waals surface area contributed by atoms with Crippen molar-refractivity contribution in [3.05, 3.63) is 96.1 Å². The maximum absolute atomic E-state index is 9.96. The number of anilines is 2. The molecule has 0 aliphatic rings. The standard InChI is InChI=1S/2C16H18N2O2.Co/c2*1-18(2)14-9-7-13(8-10-14)17-11-12-5-4-6-15(20-3)16(12)19;/h2*4-11,19H,1-3H3;. The third kappa shape index (κ3) is 9.30. The summed E-state index contributed by atoms with van der Waals surface area (Å²) in [5.74, 6) is 1.08. The molecule has 4 rings (SSSR count). The van der Waals surface area contributed by atoms with E-state index in [0.29, 0.717) is 22.6 Å². The average molecular weight is 600 g/mol. The van der Waals surface area contributed by atoms with Gasteiger partial charge in [-0.1, -0.05) is 12.1 Å². The second-order valence-electron chi connectivity index (χ2n) is 9.13. The van der Waals surface area contributed by atoms with Gasteiger partial charge in [-0.2, -0.15) is 0 Å². The van der Waals surface area contributed by atoms with E-state index in [-0.39, 0.29) is 28.3 Å². The number of rotatable bonds is 8. The second kappa shape index (κ2) is 16.0. The van der Waals surface area contributed by atoms with Gasteiger partial charge in [0.05, 0.1) is 25.6 Å². The van der Waals surface area contributed by atoms with Gasteiger partial charge in [0.2, 0.25) is 0 Å².